The van der Waals surface area contributed by atoms with Crippen LogP contribution in [0.15, 0.2) is 0 Å². The minimum atomic E-state index is 0.289. The van der Waals surface area contributed by atoms with Crippen molar-refractivity contribution in [2.45, 2.75) is 63.5 Å². The van der Waals surface area contributed by atoms with Crippen LogP contribution in [0.1, 0.15) is 63.3 Å². The van der Waals surface area contributed by atoms with Gasteiger partial charge in [0.15, 0.2) is 0 Å². The number of nitrogens with two attached hydrogens (primary N) is 1. The summed E-state index contributed by atoms with van der Waals surface area (Å²) < 4.78 is 0.350. The maximum atomic E-state index is 6.04. The Hall–Kier alpha value is -0.970. The highest BCUT2D eigenvalue weighted by Gasteiger charge is 2.31. The van der Waals surface area contributed by atoms with Gasteiger partial charge in [-0.05, 0) is 26.0 Å². The molecule has 0 unspecified atom stereocenters. The van der Waals surface area contributed by atoms with Crippen LogP contribution in [-0.2, 0) is 0 Å². The minimum absolute atomic E-state index is 0.289. The Bertz CT molecular complexity index is 481. The van der Waals surface area contributed by atoms with Crippen LogP contribution in [0.3, 0.4) is 0 Å². The van der Waals surface area contributed by atoms with Crippen molar-refractivity contribution in [2.75, 3.05) is 23.9 Å². The lowest BCUT2D eigenvalue weighted by Crippen LogP contribution is -2.36. The fourth-order valence-electron chi connectivity index (χ4n) is 2.88. The molecule has 0 radical (unpaired) electrons. The van der Waals surface area contributed by atoms with Crippen LogP contribution in [0.25, 0.3) is 0 Å². The summed E-state index contributed by atoms with van der Waals surface area (Å²) in [7, 11) is 0. The van der Waals surface area contributed by atoms with Crippen molar-refractivity contribution < 1.29 is 0 Å². The average molecular weight is 308 g/mol. The third kappa shape index (κ3) is 3.82. The van der Waals surface area contributed by atoms with E-state index in [-0.39, 0.29) is 5.92 Å². The van der Waals surface area contributed by atoms with Crippen molar-refractivity contribution in [3.8, 4) is 0 Å². The second-order valence-corrected chi connectivity index (χ2v) is 7.67. The zero-order valence-electron chi connectivity index (χ0n) is 13.7. The molecule has 1 aromatic heterocycles. The number of nitrogens with one attached hydrogen (secondary N) is 1. The first kappa shape index (κ1) is 16.4. The van der Waals surface area contributed by atoms with Crippen LogP contribution < -0.4 is 11.1 Å². The quantitative estimate of drug-likeness (QED) is 0.861. The fraction of sp³-hybridized carbons (Fsp3) is 0.750. The molecule has 5 heteroatoms. The largest absolute Gasteiger partial charge is 0.383 e. The molecular weight excluding hydrogens is 280 g/mol. The zero-order valence-corrected chi connectivity index (χ0v) is 14.5. The van der Waals surface area contributed by atoms with Gasteiger partial charge in [-0.25, -0.2) is 9.97 Å². The molecule has 0 saturated heterocycles. The highest BCUT2D eigenvalue weighted by atomic mass is 32.2. The Morgan fingerprint density at radius 3 is 2.48 bits per heavy atom. The summed E-state index contributed by atoms with van der Waals surface area (Å²) in [6.07, 6.45) is 8.86. The molecule has 3 N–H and O–H groups in total. The lowest BCUT2D eigenvalue weighted by atomic mass is 9.88. The molecule has 1 aliphatic rings. The summed E-state index contributed by atoms with van der Waals surface area (Å²) >= 11 is 2.00. The van der Waals surface area contributed by atoms with Crippen LogP contribution >= 0.6 is 11.8 Å². The molecule has 21 heavy (non-hydrogen) atoms. The summed E-state index contributed by atoms with van der Waals surface area (Å²) in [6, 6.07) is 0. The third-order valence-electron chi connectivity index (χ3n) is 4.49. The number of aromatic nitrogens is 2. The zero-order chi connectivity index (χ0) is 15.5. The van der Waals surface area contributed by atoms with Crippen molar-refractivity contribution in [3.63, 3.8) is 0 Å². The van der Waals surface area contributed by atoms with E-state index in [9.17, 15) is 0 Å². The van der Waals surface area contributed by atoms with Gasteiger partial charge >= 0.3 is 0 Å². The SMILES string of the molecule is CSC1(CNc2nc(C(C)C)nc(N)c2C)CCCCC1. The number of rotatable bonds is 5. The standard InChI is InChI=1S/C16H28N4S/c1-11(2)14-19-13(17)12(3)15(20-14)18-10-16(21-4)8-6-5-7-9-16/h11H,5-10H2,1-4H3,(H3,17,18,19,20). The summed E-state index contributed by atoms with van der Waals surface area (Å²) in [4.78, 5) is 9.06. The Morgan fingerprint density at radius 1 is 1.24 bits per heavy atom. The van der Waals surface area contributed by atoms with Crippen molar-refractivity contribution in [3.05, 3.63) is 11.4 Å². The van der Waals surface area contributed by atoms with Gasteiger partial charge < -0.3 is 11.1 Å². The molecule has 118 valence electrons. The van der Waals surface area contributed by atoms with E-state index in [1.165, 1.54) is 32.1 Å². The lowest BCUT2D eigenvalue weighted by Gasteiger charge is -2.36. The Kier molecular flexibility index (Phi) is 5.36. The molecule has 1 fully saturated rings. The van der Waals surface area contributed by atoms with Gasteiger partial charge in [0, 0.05) is 22.8 Å². The molecule has 0 atom stereocenters. The van der Waals surface area contributed by atoms with Gasteiger partial charge in [-0.15, -0.1) is 0 Å². The summed E-state index contributed by atoms with van der Waals surface area (Å²) in [5.41, 5.74) is 7.00. The van der Waals surface area contributed by atoms with Crippen LogP contribution in [0.4, 0.5) is 11.6 Å². The number of nitrogen functional groups attached to an aromatic ring is 1. The Labute approximate surface area is 132 Å². The predicted molar refractivity (Wildman–Crippen MR) is 93.1 cm³/mol. The van der Waals surface area contributed by atoms with Gasteiger partial charge in [0.05, 0.1) is 0 Å². The normalized spacial score (nSPS) is 18.0. The summed E-state index contributed by atoms with van der Waals surface area (Å²) in [5, 5.41) is 3.56. The molecule has 0 aliphatic heterocycles. The molecule has 1 saturated carbocycles. The van der Waals surface area contributed by atoms with Gasteiger partial charge in [0.25, 0.3) is 0 Å². The number of anilines is 2. The maximum Gasteiger partial charge on any atom is 0.135 e. The third-order valence-corrected chi connectivity index (χ3v) is 5.91. The van der Waals surface area contributed by atoms with Gasteiger partial charge in [0.2, 0.25) is 0 Å². The molecule has 1 aromatic rings. The van der Waals surface area contributed by atoms with Crippen molar-refractivity contribution in [1.29, 1.82) is 0 Å². The van der Waals surface area contributed by atoms with E-state index in [2.05, 4.69) is 35.4 Å². The molecule has 0 amide bonds. The fourth-order valence-corrected chi connectivity index (χ4v) is 3.79. The van der Waals surface area contributed by atoms with Crippen LogP contribution in [0.5, 0.6) is 0 Å². The van der Waals surface area contributed by atoms with E-state index < -0.39 is 0 Å². The molecule has 4 nitrogen and oxygen atoms in total. The molecule has 1 heterocycles. The molecular formula is C16H28N4S. The van der Waals surface area contributed by atoms with Gasteiger partial charge in [-0.1, -0.05) is 33.1 Å². The smallest absolute Gasteiger partial charge is 0.135 e. The number of hydrogen-bond acceptors (Lipinski definition) is 5. The maximum absolute atomic E-state index is 6.04. The molecule has 2 rings (SSSR count). The lowest BCUT2D eigenvalue weighted by molar-refractivity contribution is 0.411. The first-order valence-corrected chi connectivity index (χ1v) is 9.13. The van der Waals surface area contributed by atoms with E-state index in [1.807, 2.05) is 18.7 Å². The highest BCUT2D eigenvalue weighted by Crippen LogP contribution is 2.38. The summed E-state index contributed by atoms with van der Waals surface area (Å²) in [6.45, 7) is 7.15. The second-order valence-electron chi connectivity index (χ2n) is 6.40. The van der Waals surface area contributed by atoms with E-state index in [0.717, 1.165) is 23.8 Å². The predicted octanol–water partition coefficient (Wildman–Crippen LogP) is 3.97. The van der Waals surface area contributed by atoms with Crippen molar-refractivity contribution in [2.24, 2.45) is 0 Å². The van der Waals surface area contributed by atoms with Gasteiger partial charge in [0.1, 0.15) is 17.5 Å². The first-order chi connectivity index (χ1) is 9.97. The number of hydrogen-bond donors (Lipinski definition) is 2. The van der Waals surface area contributed by atoms with E-state index >= 15 is 0 Å². The van der Waals surface area contributed by atoms with E-state index in [1.54, 1.807) is 0 Å². The Balaban J connectivity index is 2.15. The number of nitrogens with zero attached hydrogens (tertiary/aromatic N) is 2. The Morgan fingerprint density at radius 2 is 1.90 bits per heavy atom. The first-order valence-electron chi connectivity index (χ1n) is 7.90. The van der Waals surface area contributed by atoms with Gasteiger partial charge in [-0.3, -0.25) is 0 Å². The van der Waals surface area contributed by atoms with E-state index in [0.29, 0.717) is 10.6 Å². The van der Waals surface area contributed by atoms with Gasteiger partial charge in [-0.2, -0.15) is 11.8 Å². The highest BCUT2D eigenvalue weighted by molar-refractivity contribution is 8.00. The van der Waals surface area contributed by atoms with Crippen LogP contribution in [0, 0.1) is 6.92 Å². The molecule has 0 spiro atoms. The monoisotopic (exact) mass is 308 g/mol. The van der Waals surface area contributed by atoms with Crippen LogP contribution in [-0.4, -0.2) is 27.5 Å². The van der Waals surface area contributed by atoms with Crippen LogP contribution in [0.2, 0.25) is 0 Å². The number of thioether (sulfide) groups is 1. The van der Waals surface area contributed by atoms with E-state index in [4.69, 9.17) is 5.73 Å². The minimum Gasteiger partial charge on any atom is -0.383 e. The molecule has 0 bridgehead atoms. The average Bonchev–Trinajstić information content (AvgIpc) is 2.49. The van der Waals surface area contributed by atoms with Crippen molar-refractivity contribution in [1.82, 2.24) is 9.97 Å². The second kappa shape index (κ2) is 6.86. The van der Waals surface area contributed by atoms with Crippen molar-refractivity contribution >= 4 is 23.4 Å². The topological polar surface area (TPSA) is 63.8 Å². The molecule has 0 aromatic carbocycles. The summed E-state index contributed by atoms with van der Waals surface area (Å²) in [5.74, 6) is 2.61. The molecule has 1 aliphatic carbocycles.